The van der Waals surface area contributed by atoms with E-state index in [0.29, 0.717) is 0 Å². The molecule has 0 aliphatic carbocycles. The Bertz CT molecular complexity index is 509. The normalized spacial score (nSPS) is 12.1. The van der Waals surface area contributed by atoms with Gasteiger partial charge in [-0.05, 0) is 12.1 Å². The summed E-state index contributed by atoms with van der Waals surface area (Å²) in [7, 11) is -3.62. The van der Waals surface area contributed by atoms with E-state index in [2.05, 4.69) is 4.98 Å². The summed E-state index contributed by atoms with van der Waals surface area (Å²) in [5.41, 5.74) is 0.770. The van der Waals surface area contributed by atoms with Crippen LogP contribution in [0.3, 0.4) is 0 Å². The van der Waals surface area contributed by atoms with E-state index in [0.717, 1.165) is 10.9 Å². The lowest BCUT2D eigenvalue weighted by Crippen LogP contribution is -2.12. The van der Waals surface area contributed by atoms with Crippen LogP contribution >= 0.6 is 0 Å². The van der Waals surface area contributed by atoms with Crippen molar-refractivity contribution >= 4 is 20.9 Å². The maximum Gasteiger partial charge on any atom is 0.253 e. The maximum atomic E-state index is 10.9. The lowest BCUT2D eigenvalue weighted by Gasteiger charge is -1.89. The molecule has 4 nitrogen and oxygen atoms in total. The van der Waals surface area contributed by atoms with Crippen molar-refractivity contribution in [3.05, 3.63) is 30.3 Å². The molecule has 0 spiro atoms. The summed E-state index contributed by atoms with van der Waals surface area (Å²) < 4.78 is 21.9. The predicted octanol–water partition coefficient (Wildman–Crippen LogP) is 0.815. The SMILES string of the molecule is NS(=O)(=O)c1cc2ccccc2[nH]1. The first kappa shape index (κ1) is 8.28. The molecule has 0 saturated carbocycles. The van der Waals surface area contributed by atoms with E-state index >= 15 is 0 Å². The Hall–Kier alpha value is -1.33. The summed E-state index contributed by atoms with van der Waals surface area (Å²) in [6.45, 7) is 0. The van der Waals surface area contributed by atoms with Gasteiger partial charge in [-0.3, -0.25) is 0 Å². The molecule has 2 aromatic rings. The van der Waals surface area contributed by atoms with Crippen molar-refractivity contribution in [2.45, 2.75) is 5.03 Å². The number of aromatic amines is 1. The quantitative estimate of drug-likeness (QED) is 0.708. The first-order chi connectivity index (χ1) is 6.07. The minimum absolute atomic E-state index is 0.0497. The van der Waals surface area contributed by atoms with E-state index in [1.807, 2.05) is 18.2 Å². The summed E-state index contributed by atoms with van der Waals surface area (Å²) in [6, 6.07) is 8.80. The van der Waals surface area contributed by atoms with Crippen LogP contribution in [0, 0.1) is 0 Å². The molecule has 68 valence electrons. The number of nitrogens with two attached hydrogens (primary N) is 1. The van der Waals surface area contributed by atoms with Crippen LogP contribution in [0.15, 0.2) is 35.4 Å². The number of primary sulfonamides is 1. The molecule has 0 bridgehead atoms. The van der Waals surface area contributed by atoms with E-state index in [1.54, 1.807) is 6.07 Å². The average molecular weight is 196 g/mol. The average Bonchev–Trinajstić information content (AvgIpc) is 2.45. The van der Waals surface area contributed by atoms with Crippen molar-refractivity contribution in [3.63, 3.8) is 0 Å². The Morgan fingerprint density at radius 2 is 1.92 bits per heavy atom. The zero-order valence-corrected chi connectivity index (χ0v) is 7.51. The molecule has 0 amide bonds. The molecule has 13 heavy (non-hydrogen) atoms. The van der Waals surface area contributed by atoms with Crippen molar-refractivity contribution in [2.24, 2.45) is 5.14 Å². The summed E-state index contributed by atoms with van der Waals surface area (Å²) in [5.74, 6) is 0. The predicted molar refractivity (Wildman–Crippen MR) is 49.7 cm³/mol. The molecule has 0 atom stereocenters. The zero-order chi connectivity index (χ0) is 9.47. The van der Waals surface area contributed by atoms with Crippen LogP contribution in [0.2, 0.25) is 0 Å². The summed E-state index contributed by atoms with van der Waals surface area (Å²) in [6.07, 6.45) is 0. The van der Waals surface area contributed by atoms with Gasteiger partial charge in [0.2, 0.25) is 0 Å². The molecule has 0 unspecified atom stereocenters. The number of para-hydroxylation sites is 1. The Morgan fingerprint density at radius 1 is 1.23 bits per heavy atom. The second-order valence-electron chi connectivity index (χ2n) is 2.77. The van der Waals surface area contributed by atoms with Crippen LogP contribution in [-0.4, -0.2) is 13.4 Å². The topological polar surface area (TPSA) is 76.0 Å². The van der Waals surface area contributed by atoms with E-state index in [4.69, 9.17) is 5.14 Å². The maximum absolute atomic E-state index is 10.9. The molecule has 1 aromatic heterocycles. The second-order valence-corrected chi connectivity index (χ2v) is 4.30. The zero-order valence-electron chi connectivity index (χ0n) is 6.69. The Labute approximate surface area is 75.4 Å². The number of hydrogen-bond donors (Lipinski definition) is 2. The van der Waals surface area contributed by atoms with Crippen LogP contribution in [0.4, 0.5) is 0 Å². The van der Waals surface area contributed by atoms with Crippen LogP contribution in [-0.2, 0) is 10.0 Å². The van der Waals surface area contributed by atoms with E-state index in [9.17, 15) is 8.42 Å². The molecule has 0 aliphatic rings. The van der Waals surface area contributed by atoms with Gasteiger partial charge in [-0.1, -0.05) is 18.2 Å². The minimum Gasteiger partial charge on any atom is -0.345 e. The molecule has 5 heteroatoms. The number of aromatic nitrogens is 1. The first-order valence-electron chi connectivity index (χ1n) is 3.68. The molecule has 3 N–H and O–H groups in total. The Morgan fingerprint density at radius 3 is 2.54 bits per heavy atom. The van der Waals surface area contributed by atoms with Crippen molar-refractivity contribution in [1.29, 1.82) is 0 Å². The highest BCUT2D eigenvalue weighted by atomic mass is 32.2. The largest absolute Gasteiger partial charge is 0.345 e. The van der Waals surface area contributed by atoms with Gasteiger partial charge in [0.15, 0.2) is 0 Å². The monoisotopic (exact) mass is 196 g/mol. The highest BCUT2D eigenvalue weighted by Crippen LogP contribution is 2.16. The van der Waals surface area contributed by atoms with Crippen LogP contribution in [0.5, 0.6) is 0 Å². The first-order valence-corrected chi connectivity index (χ1v) is 5.22. The third kappa shape index (κ3) is 1.43. The summed E-state index contributed by atoms with van der Waals surface area (Å²) in [4.78, 5) is 2.72. The smallest absolute Gasteiger partial charge is 0.253 e. The van der Waals surface area contributed by atoms with Gasteiger partial charge >= 0.3 is 0 Å². The van der Waals surface area contributed by atoms with E-state index in [1.165, 1.54) is 6.07 Å². The Balaban J connectivity index is 2.77. The number of sulfonamides is 1. The number of nitrogens with one attached hydrogen (secondary N) is 1. The van der Waals surface area contributed by atoms with Crippen molar-refractivity contribution < 1.29 is 8.42 Å². The van der Waals surface area contributed by atoms with Gasteiger partial charge < -0.3 is 4.98 Å². The fraction of sp³-hybridized carbons (Fsp3) is 0. The van der Waals surface area contributed by atoms with Gasteiger partial charge in [-0.2, -0.15) is 0 Å². The molecule has 1 heterocycles. The van der Waals surface area contributed by atoms with Crippen LogP contribution in [0.25, 0.3) is 10.9 Å². The summed E-state index contributed by atoms with van der Waals surface area (Å²) >= 11 is 0. The molecule has 0 fully saturated rings. The van der Waals surface area contributed by atoms with Crippen molar-refractivity contribution in [2.75, 3.05) is 0 Å². The number of H-pyrrole nitrogens is 1. The Kier molecular flexibility index (Phi) is 1.64. The van der Waals surface area contributed by atoms with Crippen molar-refractivity contribution in [1.82, 2.24) is 4.98 Å². The third-order valence-corrected chi connectivity index (χ3v) is 2.64. The molecule has 1 aromatic carbocycles. The van der Waals surface area contributed by atoms with Gasteiger partial charge in [-0.15, -0.1) is 0 Å². The molecule has 0 saturated heterocycles. The van der Waals surface area contributed by atoms with Gasteiger partial charge in [0, 0.05) is 10.9 Å². The second kappa shape index (κ2) is 2.58. The lowest BCUT2D eigenvalue weighted by atomic mass is 10.3. The fourth-order valence-electron chi connectivity index (χ4n) is 1.20. The lowest BCUT2D eigenvalue weighted by molar-refractivity contribution is 0.595. The highest BCUT2D eigenvalue weighted by Gasteiger charge is 2.10. The van der Waals surface area contributed by atoms with Gasteiger partial charge in [0.05, 0.1) is 0 Å². The van der Waals surface area contributed by atoms with Gasteiger partial charge in [-0.25, -0.2) is 13.6 Å². The molecular formula is C8H8N2O2S. The van der Waals surface area contributed by atoms with Crippen molar-refractivity contribution in [3.8, 4) is 0 Å². The summed E-state index contributed by atoms with van der Waals surface area (Å²) in [5, 5.41) is 5.85. The third-order valence-electron chi connectivity index (χ3n) is 1.81. The molecule has 2 rings (SSSR count). The number of fused-ring (bicyclic) bond motifs is 1. The fourth-order valence-corrected chi connectivity index (χ4v) is 1.74. The minimum atomic E-state index is -3.62. The molecular weight excluding hydrogens is 188 g/mol. The van der Waals surface area contributed by atoms with Gasteiger partial charge in [0.25, 0.3) is 10.0 Å². The number of rotatable bonds is 1. The highest BCUT2D eigenvalue weighted by molar-refractivity contribution is 7.89. The van der Waals surface area contributed by atoms with E-state index in [-0.39, 0.29) is 5.03 Å². The van der Waals surface area contributed by atoms with Crippen LogP contribution in [0.1, 0.15) is 0 Å². The van der Waals surface area contributed by atoms with E-state index < -0.39 is 10.0 Å². The standard InChI is InChI=1S/C8H8N2O2S/c9-13(11,12)8-5-6-3-1-2-4-7(6)10-8/h1-5,10H,(H2,9,11,12). The molecule has 0 aliphatic heterocycles. The number of benzene rings is 1. The van der Waals surface area contributed by atoms with Gasteiger partial charge in [0.1, 0.15) is 5.03 Å². The number of hydrogen-bond acceptors (Lipinski definition) is 2. The molecule has 0 radical (unpaired) electrons. The van der Waals surface area contributed by atoms with Crippen LogP contribution < -0.4 is 5.14 Å².